The van der Waals surface area contributed by atoms with Crippen LogP contribution < -0.4 is 16.9 Å². The highest BCUT2D eigenvalue weighted by Crippen LogP contribution is 2.12. The normalized spacial score (nSPS) is 10.2. The summed E-state index contributed by atoms with van der Waals surface area (Å²) in [6.45, 7) is 0.141. The summed E-state index contributed by atoms with van der Waals surface area (Å²) in [7, 11) is 0. The average molecular weight is 328 g/mol. The van der Waals surface area contributed by atoms with E-state index in [1.807, 2.05) is 0 Å². The predicted molar refractivity (Wildman–Crippen MR) is 90.9 cm³/mol. The molecule has 0 radical (unpaired) electrons. The third-order valence-electron chi connectivity index (χ3n) is 3.44. The van der Waals surface area contributed by atoms with E-state index in [1.54, 1.807) is 48.5 Å². The van der Waals surface area contributed by atoms with Crippen LogP contribution in [0.4, 0.5) is 5.69 Å². The monoisotopic (exact) mass is 328 g/mol. The number of benzene rings is 2. The Hall–Kier alpha value is -3.06. The van der Waals surface area contributed by atoms with E-state index in [1.165, 1.54) is 0 Å². The smallest absolute Gasteiger partial charge is 0.270 e. The lowest BCUT2D eigenvalue weighted by atomic mass is 10.1. The number of hydrazine groups is 1. The predicted octanol–water partition coefficient (Wildman–Crippen LogP) is 0.649. The van der Waals surface area contributed by atoms with Crippen molar-refractivity contribution < 1.29 is 14.7 Å². The van der Waals surface area contributed by atoms with Crippen LogP contribution in [-0.4, -0.2) is 35.0 Å². The molecule has 2 aromatic rings. The number of phenolic OH excluding ortho intramolecular Hbond substituents is 1. The number of aromatic hydroxyl groups is 1. The van der Waals surface area contributed by atoms with Crippen LogP contribution in [0.25, 0.3) is 0 Å². The average Bonchev–Trinajstić information content (AvgIpc) is 2.56. The molecule has 0 fully saturated rings. The summed E-state index contributed by atoms with van der Waals surface area (Å²) in [5.41, 5.74) is 7.27. The number of nitrogens with zero attached hydrogens (tertiary/aromatic N) is 1. The van der Waals surface area contributed by atoms with E-state index in [-0.39, 0.29) is 23.8 Å². The number of phenols is 1. The zero-order valence-corrected chi connectivity index (χ0v) is 13.1. The molecule has 0 saturated heterocycles. The molecule has 0 atom stereocenters. The largest absolute Gasteiger partial charge is 0.508 e. The van der Waals surface area contributed by atoms with Crippen LogP contribution in [0.5, 0.6) is 5.75 Å². The lowest BCUT2D eigenvalue weighted by molar-refractivity contribution is -0.121. The number of hydrogen-bond acceptors (Lipinski definition) is 5. The second kappa shape index (κ2) is 7.98. The molecule has 6 N–H and O–H groups in total. The van der Waals surface area contributed by atoms with Gasteiger partial charge in [-0.2, -0.15) is 0 Å². The summed E-state index contributed by atoms with van der Waals surface area (Å²) >= 11 is 0. The topological polar surface area (TPSA) is 122 Å². The maximum absolute atomic E-state index is 12.1. The lowest BCUT2D eigenvalue weighted by Gasteiger charge is -2.17. The molecule has 0 unspecified atom stereocenters. The van der Waals surface area contributed by atoms with Crippen molar-refractivity contribution in [3.05, 3.63) is 59.7 Å². The molecule has 0 aliphatic carbocycles. The molecule has 0 saturated carbocycles. The Bertz CT molecular complexity index is 716. The van der Waals surface area contributed by atoms with Gasteiger partial charge in [-0.1, -0.05) is 24.3 Å². The summed E-state index contributed by atoms with van der Waals surface area (Å²) < 4.78 is 0. The van der Waals surface area contributed by atoms with E-state index < -0.39 is 5.91 Å². The van der Waals surface area contributed by atoms with Crippen molar-refractivity contribution in [1.82, 2.24) is 10.3 Å². The van der Waals surface area contributed by atoms with E-state index in [9.17, 15) is 14.7 Å². The maximum atomic E-state index is 12.1. The second-order valence-corrected chi connectivity index (χ2v) is 5.29. The van der Waals surface area contributed by atoms with Crippen molar-refractivity contribution in [3.8, 4) is 5.75 Å². The Balaban J connectivity index is 1.80. The van der Waals surface area contributed by atoms with Gasteiger partial charge < -0.3 is 16.2 Å². The van der Waals surface area contributed by atoms with Crippen LogP contribution in [0.15, 0.2) is 48.5 Å². The number of nitrogens with one attached hydrogen (secondary N) is 1. The number of carbonyl (C=O) groups is 2. The molecule has 0 spiro atoms. The molecular formula is C17H20N4O3. The highest BCUT2D eigenvalue weighted by molar-refractivity contribution is 6.00. The van der Waals surface area contributed by atoms with Crippen molar-refractivity contribution in [2.45, 2.75) is 6.42 Å². The van der Waals surface area contributed by atoms with Crippen molar-refractivity contribution in [3.63, 3.8) is 0 Å². The van der Waals surface area contributed by atoms with Gasteiger partial charge in [-0.3, -0.25) is 14.6 Å². The Kier molecular flexibility index (Phi) is 5.75. The van der Waals surface area contributed by atoms with E-state index in [0.29, 0.717) is 18.7 Å². The SMILES string of the molecule is Nc1ccccc1C(=O)N(N)CC(=O)NCCc1ccc(O)cc1. The first-order valence-corrected chi connectivity index (χ1v) is 7.43. The highest BCUT2D eigenvalue weighted by atomic mass is 16.3. The summed E-state index contributed by atoms with van der Waals surface area (Å²) in [5, 5.41) is 12.7. The molecule has 2 aromatic carbocycles. The van der Waals surface area contributed by atoms with Gasteiger partial charge in [0.15, 0.2) is 0 Å². The molecular weight excluding hydrogens is 308 g/mol. The number of nitrogens with two attached hydrogens (primary N) is 2. The second-order valence-electron chi connectivity index (χ2n) is 5.29. The first-order valence-electron chi connectivity index (χ1n) is 7.43. The van der Waals surface area contributed by atoms with Gasteiger partial charge in [0.25, 0.3) is 5.91 Å². The number of para-hydroxylation sites is 1. The summed E-state index contributed by atoms with van der Waals surface area (Å²) in [6.07, 6.45) is 0.607. The Morgan fingerprint density at radius 3 is 2.42 bits per heavy atom. The zero-order valence-electron chi connectivity index (χ0n) is 13.1. The minimum Gasteiger partial charge on any atom is -0.508 e. The highest BCUT2D eigenvalue weighted by Gasteiger charge is 2.17. The maximum Gasteiger partial charge on any atom is 0.270 e. The minimum absolute atomic E-state index is 0.195. The fraction of sp³-hybridized carbons (Fsp3) is 0.176. The van der Waals surface area contributed by atoms with Crippen molar-refractivity contribution in [2.75, 3.05) is 18.8 Å². The van der Waals surface area contributed by atoms with Crippen LogP contribution in [0.3, 0.4) is 0 Å². The van der Waals surface area contributed by atoms with Crippen LogP contribution >= 0.6 is 0 Å². The van der Waals surface area contributed by atoms with Gasteiger partial charge in [-0.25, -0.2) is 5.84 Å². The molecule has 0 bridgehead atoms. The van der Waals surface area contributed by atoms with E-state index in [0.717, 1.165) is 10.6 Å². The van der Waals surface area contributed by atoms with E-state index in [4.69, 9.17) is 11.6 Å². The Morgan fingerprint density at radius 1 is 1.08 bits per heavy atom. The summed E-state index contributed by atoms with van der Waals surface area (Å²) in [6, 6.07) is 13.3. The number of hydrogen-bond donors (Lipinski definition) is 4. The third-order valence-corrected chi connectivity index (χ3v) is 3.44. The molecule has 2 rings (SSSR count). The van der Waals surface area contributed by atoms with E-state index >= 15 is 0 Å². The third kappa shape index (κ3) is 4.72. The van der Waals surface area contributed by atoms with Gasteiger partial charge in [-0.05, 0) is 36.2 Å². The van der Waals surface area contributed by atoms with Gasteiger partial charge in [0.2, 0.25) is 5.91 Å². The van der Waals surface area contributed by atoms with Crippen molar-refractivity contribution in [1.29, 1.82) is 0 Å². The molecule has 7 nitrogen and oxygen atoms in total. The summed E-state index contributed by atoms with van der Waals surface area (Å²) in [5.74, 6) is 4.98. The number of amides is 2. The number of rotatable bonds is 6. The van der Waals surface area contributed by atoms with Crippen LogP contribution in [0.1, 0.15) is 15.9 Å². The Labute approximate surface area is 139 Å². The molecule has 0 aliphatic rings. The number of anilines is 1. The van der Waals surface area contributed by atoms with Crippen molar-refractivity contribution >= 4 is 17.5 Å². The van der Waals surface area contributed by atoms with Crippen molar-refractivity contribution in [2.24, 2.45) is 5.84 Å². The van der Waals surface area contributed by atoms with Crippen LogP contribution in [0.2, 0.25) is 0 Å². The van der Waals surface area contributed by atoms with Gasteiger partial charge in [0.05, 0.1) is 5.56 Å². The summed E-state index contributed by atoms with van der Waals surface area (Å²) in [4.78, 5) is 24.0. The fourth-order valence-corrected chi connectivity index (χ4v) is 2.14. The zero-order chi connectivity index (χ0) is 17.5. The van der Waals surface area contributed by atoms with E-state index in [2.05, 4.69) is 5.32 Å². The molecule has 0 aromatic heterocycles. The quantitative estimate of drug-likeness (QED) is 0.268. The molecule has 24 heavy (non-hydrogen) atoms. The molecule has 126 valence electrons. The van der Waals surface area contributed by atoms with Gasteiger partial charge in [0.1, 0.15) is 12.3 Å². The molecule has 7 heteroatoms. The standard InChI is InChI=1S/C17H20N4O3/c18-15-4-2-1-3-14(15)17(24)21(19)11-16(23)20-10-9-12-5-7-13(22)8-6-12/h1-8,22H,9-11,18-19H2,(H,20,23). The molecule has 0 heterocycles. The Morgan fingerprint density at radius 2 is 1.75 bits per heavy atom. The minimum atomic E-state index is -0.512. The molecule has 0 aliphatic heterocycles. The van der Waals surface area contributed by atoms with Gasteiger partial charge in [-0.15, -0.1) is 0 Å². The van der Waals surface area contributed by atoms with Gasteiger partial charge in [0, 0.05) is 12.2 Å². The first kappa shape index (κ1) is 17.3. The first-order chi connectivity index (χ1) is 11.5. The lowest BCUT2D eigenvalue weighted by Crippen LogP contribution is -2.45. The van der Waals surface area contributed by atoms with Gasteiger partial charge >= 0.3 is 0 Å². The van der Waals surface area contributed by atoms with Crippen LogP contribution in [0, 0.1) is 0 Å². The number of carbonyl (C=O) groups excluding carboxylic acids is 2. The van der Waals surface area contributed by atoms with Crippen LogP contribution in [-0.2, 0) is 11.2 Å². The molecule has 2 amide bonds. The number of nitrogen functional groups attached to an aromatic ring is 1. The fourth-order valence-electron chi connectivity index (χ4n) is 2.14.